The van der Waals surface area contributed by atoms with Crippen LogP contribution in [0.25, 0.3) is 0 Å². The summed E-state index contributed by atoms with van der Waals surface area (Å²) in [6, 6.07) is 13.5. The third kappa shape index (κ3) is 7.77. The van der Waals surface area contributed by atoms with E-state index < -0.39 is 29.1 Å². The number of aromatic nitrogens is 1. The number of nitrogens with one attached hydrogen (secondary N) is 1. The highest BCUT2D eigenvalue weighted by Crippen LogP contribution is 2.24. The van der Waals surface area contributed by atoms with Crippen molar-refractivity contribution >= 4 is 17.6 Å². The van der Waals surface area contributed by atoms with Crippen molar-refractivity contribution < 1.29 is 23.1 Å². The number of nitrogens with zero attached hydrogens (tertiary/aromatic N) is 4. The minimum absolute atomic E-state index is 0.0572. The lowest BCUT2D eigenvalue weighted by Crippen LogP contribution is -2.49. The van der Waals surface area contributed by atoms with Crippen molar-refractivity contribution in [3.8, 4) is 17.7 Å². The van der Waals surface area contributed by atoms with E-state index >= 15 is 0 Å². The average molecular weight is 563 g/mol. The van der Waals surface area contributed by atoms with Gasteiger partial charge in [-0.1, -0.05) is 19.4 Å². The molecule has 3 N–H and O–H groups in total. The number of primary amides is 1. The van der Waals surface area contributed by atoms with Gasteiger partial charge in [-0.05, 0) is 55.2 Å². The number of nitriles is 1. The highest BCUT2D eigenvalue weighted by molar-refractivity contribution is 5.96. The SMILES string of the molecule is CCCCN(C(=O)Nc1cc(C(N)=O)c(F)cc1F)C1CCN(Cc2ccc(Oc3ccc(C#N)cc3)nc2)CC1. The maximum Gasteiger partial charge on any atom is 0.322 e. The summed E-state index contributed by atoms with van der Waals surface area (Å²) in [5.74, 6) is -2.05. The summed E-state index contributed by atoms with van der Waals surface area (Å²) in [4.78, 5) is 33.0. The number of piperidine rings is 1. The highest BCUT2D eigenvalue weighted by atomic mass is 19.1. The van der Waals surface area contributed by atoms with Crippen molar-refractivity contribution in [1.82, 2.24) is 14.8 Å². The molecule has 1 aliphatic heterocycles. The van der Waals surface area contributed by atoms with Crippen LogP contribution in [0.3, 0.4) is 0 Å². The van der Waals surface area contributed by atoms with Crippen LogP contribution >= 0.6 is 0 Å². The van der Waals surface area contributed by atoms with Gasteiger partial charge >= 0.3 is 6.03 Å². The molecule has 1 aliphatic rings. The summed E-state index contributed by atoms with van der Waals surface area (Å²) < 4.78 is 34.0. The van der Waals surface area contributed by atoms with E-state index in [1.54, 1.807) is 41.4 Å². The molecule has 3 amide bonds. The third-order valence-electron chi connectivity index (χ3n) is 6.98. The standard InChI is InChI=1S/C30H32F2N6O3/c1-2-3-12-38(30(40)36-27-15-24(29(34)39)25(31)16-26(27)32)22-10-13-37(14-11-22)19-21-6-9-28(35-18-21)41-23-7-4-20(17-33)5-8-23/h4-9,15-16,18,22H,2-3,10-14,19H2,1H3,(H2,34,39)(H,36,40). The van der Waals surface area contributed by atoms with Gasteiger partial charge in [-0.25, -0.2) is 18.6 Å². The van der Waals surface area contributed by atoms with E-state index in [9.17, 15) is 18.4 Å². The normalized spacial score (nSPS) is 13.8. The summed E-state index contributed by atoms with van der Waals surface area (Å²) >= 11 is 0. The van der Waals surface area contributed by atoms with Gasteiger partial charge in [-0.15, -0.1) is 0 Å². The van der Waals surface area contributed by atoms with Crippen molar-refractivity contribution in [3.05, 3.63) is 83.1 Å². The Morgan fingerprint density at radius 3 is 2.49 bits per heavy atom. The molecule has 0 saturated carbocycles. The summed E-state index contributed by atoms with van der Waals surface area (Å²) in [6.45, 7) is 4.70. The zero-order valence-electron chi connectivity index (χ0n) is 22.8. The third-order valence-corrected chi connectivity index (χ3v) is 6.98. The van der Waals surface area contributed by atoms with Gasteiger partial charge < -0.3 is 20.7 Å². The lowest BCUT2D eigenvalue weighted by atomic mass is 10.0. The largest absolute Gasteiger partial charge is 0.439 e. The Morgan fingerprint density at radius 1 is 1.15 bits per heavy atom. The first kappa shape index (κ1) is 29.4. The van der Waals surface area contributed by atoms with Crippen LogP contribution in [0.2, 0.25) is 0 Å². The van der Waals surface area contributed by atoms with Gasteiger partial charge in [0, 0.05) is 50.6 Å². The van der Waals surface area contributed by atoms with Gasteiger partial charge in [0.2, 0.25) is 5.88 Å². The molecule has 2 heterocycles. The Bertz CT molecular complexity index is 1400. The molecule has 9 nitrogen and oxygen atoms in total. The first-order valence-electron chi connectivity index (χ1n) is 13.5. The van der Waals surface area contributed by atoms with Crippen LogP contribution in [0.1, 0.15) is 54.1 Å². The number of hydrogen-bond acceptors (Lipinski definition) is 6. The fourth-order valence-electron chi connectivity index (χ4n) is 4.73. The van der Waals surface area contributed by atoms with E-state index in [4.69, 9.17) is 15.7 Å². The van der Waals surface area contributed by atoms with Gasteiger partial charge in [0.15, 0.2) is 0 Å². The summed E-state index contributed by atoms with van der Waals surface area (Å²) in [5.41, 5.74) is 5.97. The van der Waals surface area contributed by atoms with E-state index in [0.717, 1.165) is 50.4 Å². The Balaban J connectivity index is 1.33. The number of pyridine rings is 1. The first-order chi connectivity index (χ1) is 19.8. The average Bonchev–Trinajstić information content (AvgIpc) is 2.96. The van der Waals surface area contributed by atoms with Crippen LogP contribution in [0.4, 0.5) is 19.3 Å². The van der Waals surface area contributed by atoms with Crippen molar-refractivity contribution in [1.29, 1.82) is 5.26 Å². The van der Waals surface area contributed by atoms with Crippen molar-refractivity contribution in [2.45, 2.75) is 45.2 Å². The molecule has 2 aromatic carbocycles. The number of rotatable bonds is 10. The number of unbranched alkanes of at least 4 members (excludes halogenated alkanes) is 1. The molecule has 0 spiro atoms. The molecule has 11 heteroatoms. The Labute approximate surface area is 237 Å². The molecular formula is C30H32F2N6O3. The van der Waals surface area contributed by atoms with Crippen LogP contribution in [-0.4, -0.2) is 52.4 Å². The summed E-state index contributed by atoms with van der Waals surface area (Å²) in [6.07, 6.45) is 4.86. The maximum atomic E-state index is 14.4. The molecular weight excluding hydrogens is 530 g/mol. The maximum absolute atomic E-state index is 14.4. The number of halogens is 2. The number of urea groups is 1. The highest BCUT2D eigenvalue weighted by Gasteiger charge is 2.28. The second-order valence-corrected chi connectivity index (χ2v) is 9.90. The number of benzene rings is 2. The van der Waals surface area contributed by atoms with Gasteiger partial charge in [0.25, 0.3) is 5.91 Å². The van der Waals surface area contributed by atoms with Crippen LogP contribution in [-0.2, 0) is 6.54 Å². The van der Waals surface area contributed by atoms with E-state index in [0.29, 0.717) is 36.3 Å². The van der Waals surface area contributed by atoms with E-state index in [1.165, 1.54) is 0 Å². The van der Waals surface area contributed by atoms with Gasteiger partial charge in [0.1, 0.15) is 17.4 Å². The summed E-state index contributed by atoms with van der Waals surface area (Å²) in [5, 5.41) is 11.4. The Morgan fingerprint density at radius 2 is 1.88 bits per heavy atom. The number of amides is 3. The number of likely N-dealkylation sites (tertiary alicyclic amines) is 1. The Kier molecular flexibility index (Phi) is 9.81. The molecule has 214 valence electrons. The second-order valence-electron chi connectivity index (χ2n) is 9.90. The minimum atomic E-state index is -1.08. The molecule has 1 saturated heterocycles. The van der Waals surface area contributed by atoms with Crippen LogP contribution in [0.15, 0.2) is 54.7 Å². The van der Waals surface area contributed by atoms with E-state index in [1.807, 2.05) is 13.0 Å². The van der Waals surface area contributed by atoms with E-state index in [-0.39, 0.29) is 11.7 Å². The van der Waals surface area contributed by atoms with E-state index in [2.05, 4.69) is 21.3 Å². The quantitative estimate of drug-likeness (QED) is 0.340. The van der Waals surface area contributed by atoms with Crippen LogP contribution in [0, 0.1) is 23.0 Å². The Hall–Kier alpha value is -4.56. The molecule has 1 aromatic heterocycles. The predicted octanol–water partition coefficient (Wildman–Crippen LogP) is 5.42. The molecule has 0 bridgehead atoms. The minimum Gasteiger partial charge on any atom is -0.439 e. The molecule has 4 rings (SSSR count). The zero-order chi connectivity index (χ0) is 29.4. The van der Waals surface area contributed by atoms with Crippen LogP contribution < -0.4 is 15.8 Å². The molecule has 0 unspecified atom stereocenters. The first-order valence-corrected chi connectivity index (χ1v) is 13.5. The fraction of sp³-hybridized carbons (Fsp3) is 0.333. The van der Waals surface area contributed by atoms with Crippen LogP contribution in [0.5, 0.6) is 11.6 Å². The van der Waals surface area contributed by atoms with Gasteiger partial charge in [0.05, 0.1) is 22.9 Å². The molecule has 41 heavy (non-hydrogen) atoms. The lowest BCUT2D eigenvalue weighted by molar-refractivity contribution is 0.0996. The fourth-order valence-corrected chi connectivity index (χ4v) is 4.73. The molecule has 0 radical (unpaired) electrons. The molecule has 0 aliphatic carbocycles. The number of carbonyl (C=O) groups excluding carboxylic acids is 2. The van der Waals surface area contributed by atoms with Crippen molar-refractivity contribution in [3.63, 3.8) is 0 Å². The number of nitrogens with two attached hydrogens (primary N) is 1. The van der Waals surface area contributed by atoms with Crippen molar-refractivity contribution in [2.75, 3.05) is 25.0 Å². The second kappa shape index (κ2) is 13.7. The van der Waals surface area contributed by atoms with Gasteiger partial charge in [-0.2, -0.15) is 5.26 Å². The predicted molar refractivity (Wildman–Crippen MR) is 149 cm³/mol. The molecule has 3 aromatic rings. The number of ether oxygens (including phenoxy) is 1. The smallest absolute Gasteiger partial charge is 0.322 e. The van der Waals surface area contributed by atoms with Crippen molar-refractivity contribution in [2.24, 2.45) is 5.73 Å². The number of anilines is 1. The summed E-state index contributed by atoms with van der Waals surface area (Å²) in [7, 11) is 0. The number of hydrogen-bond donors (Lipinski definition) is 2. The van der Waals surface area contributed by atoms with Gasteiger partial charge in [-0.3, -0.25) is 9.69 Å². The molecule has 0 atom stereocenters. The molecule has 1 fully saturated rings. The number of carbonyl (C=O) groups is 2. The topological polar surface area (TPSA) is 125 Å². The lowest BCUT2D eigenvalue weighted by Gasteiger charge is -2.38. The monoisotopic (exact) mass is 562 g/mol. The zero-order valence-corrected chi connectivity index (χ0v) is 22.8.